The van der Waals surface area contributed by atoms with Crippen LogP contribution >= 0.6 is 0 Å². The van der Waals surface area contributed by atoms with Crippen molar-refractivity contribution >= 4 is 23.2 Å². The summed E-state index contributed by atoms with van der Waals surface area (Å²) >= 11 is 0. The van der Waals surface area contributed by atoms with Gasteiger partial charge in [0.25, 0.3) is 0 Å². The molecule has 3 aromatic heterocycles. The summed E-state index contributed by atoms with van der Waals surface area (Å²) in [7, 11) is 0. The lowest BCUT2D eigenvalue weighted by atomic mass is 9.89. The molecule has 4 heterocycles. The molecule has 11 heteroatoms. The second-order valence-corrected chi connectivity index (χ2v) is 9.64. The number of nitrogen functional groups attached to an aromatic ring is 1. The Morgan fingerprint density at radius 1 is 1.26 bits per heavy atom. The zero-order valence-electron chi connectivity index (χ0n) is 19.9. The van der Waals surface area contributed by atoms with Gasteiger partial charge in [0.15, 0.2) is 11.4 Å². The predicted octanol–water partition coefficient (Wildman–Crippen LogP) is 1.06. The lowest BCUT2D eigenvalue weighted by Gasteiger charge is -2.47. The first-order chi connectivity index (χ1) is 16.0. The van der Waals surface area contributed by atoms with Gasteiger partial charge < -0.3 is 20.8 Å². The summed E-state index contributed by atoms with van der Waals surface area (Å²) in [5.74, 6) is -0.283. The summed E-state index contributed by atoms with van der Waals surface area (Å²) in [5, 5.41) is 28.0. The molecule has 1 amide bonds. The molecule has 3 aromatic rings. The van der Waals surface area contributed by atoms with Gasteiger partial charge >= 0.3 is 0 Å². The van der Waals surface area contributed by atoms with Crippen molar-refractivity contribution in [3.63, 3.8) is 0 Å². The largest absolute Gasteiger partial charge is 0.389 e. The van der Waals surface area contributed by atoms with Gasteiger partial charge in [0.1, 0.15) is 12.4 Å². The van der Waals surface area contributed by atoms with E-state index in [0.29, 0.717) is 41.9 Å². The van der Waals surface area contributed by atoms with Gasteiger partial charge in [-0.05, 0) is 47.0 Å². The van der Waals surface area contributed by atoms with Gasteiger partial charge in [0, 0.05) is 29.4 Å². The van der Waals surface area contributed by atoms with Gasteiger partial charge in [-0.25, -0.2) is 4.98 Å². The van der Waals surface area contributed by atoms with E-state index in [1.807, 2.05) is 6.92 Å². The normalized spacial score (nSPS) is 18.4. The van der Waals surface area contributed by atoms with E-state index in [-0.39, 0.29) is 29.6 Å². The van der Waals surface area contributed by atoms with E-state index < -0.39 is 12.2 Å². The van der Waals surface area contributed by atoms with Gasteiger partial charge in [-0.15, -0.1) is 0 Å². The molecule has 0 aromatic carbocycles. The molecule has 1 fully saturated rings. The Bertz CT molecular complexity index is 1240. The quantitative estimate of drug-likeness (QED) is 0.414. The number of hydrogen-bond donors (Lipinski definition) is 3. The Hall–Kier alpha value is -3.31. The minimum absolute atomic E-state index is 0.0156. The lowest BCUT2D eigenvalue weighted by Crippen LogP contribution is -2.58. The van der Waals surface area contributed by atoms with Crippen molar-refractivity contribution in [3.8, 4) is 11.1 Å². The number of nitrogens with two attached hydrogens (primary N) is 1. The van der Waals surface area contributed by atoms with E-state index in [1.165, 1.54) is 11.4 Å². The molecule has 4 rings (SSSR count). The number of carbonyl (C=O) groups is 2. The van der Waals surface area contributed by atoms with E-state index in [2.05, 4.69) is 10.2 Å². The minimum atomic E-state index is -0.916. The summed E-state index contributed by atoms with van der Waals surface area (Å²) in [6.07, 6.45) is 6.99. The molecule has 182 valence electrons. The number of rotatable bonds is 8. The highest BCUT2D eigenvalue weighted by molar-refractivity contribution is 6.00. The van der Waals surface area contributed by atoms with Gasteiger partial charge in [-0.3, -0.25) is 14.3 Å². The van der Waals surface area contributed by atoms with Crippen LogP contribution in [0.1, 0.15) is 56.6 Å². The Labute approximate surface area is 197 Å². The van der Waals surface area contributed by atoms with E-state index in [1.54, 1.807) is 42.0 Å². The SMILES string of the molecule is CC(=O)c1c(CC[C@@H]2CC(C)N2C(=O)CO)nc2c(-c3cnn(CC(C)(C)O)c3)cnn2c1N. The number of hydrogen-bond acceptors (Lipinski definition) is 8. The molecular weight excluding hydrogens is 438 g/mol. The molecule has 34 heavy (non-hydrogen) atoms. The number of likely N-dealkylation sites (tertiary alicyclic amines) is 1. The summed E-state index contributed by atoms with van der Waals surface area (Å²) < 4.78 is 3.10. The third-order valence-corrected chi connectivity index (χ3v) is 6.22. The summed E-state index contributed by atoms with van der Waals surface area (Å²) in [5.41, 5.74) is 8.30. The maximum atomic E-state index is 12.4. The lowest BCUT2D eigenvalue weighted by molar-refractivity contribution is -0.147. The third-order valence-electron chi connectivity index (χ3n) is 6.22. The molecule has 2 atom stereocenters. The monoisotopic (exact) mass is 469 g/mol. The Kier molecular flexibility index (Phi) is 6.17. The van der Waals surface area contributed by atoms with Crippen LogP contribution in [0, 0.1) is 0 Å². The minimum Gasteiger partial charge on any atom is -0.389 e. The number of nitrogens with zero attached hydrogens (tertiary/aromatic N) is 6. The van der Waals surface area contributed by atoms with E-state index >= 15 is 0 Å². The van der Waals surface area contributed by atoms with Crippen molar-refractivity contribution in [2.45, 2.75) is 71.2 Å². The Morgan fingerprint density at radius 3 is 2.62 bits per heavy atom. The molecule has 0 radical (unpaired) electrons. The number of amides is 1. The van der Waals surface area contributed by atoms with Gasteiger partial charge in [0.2, 0.25) is 5.91 Å². The third kappa shape index (κ3) is 4.40. The average Bonchev–Trinajstić information content (AvgIpc) is 3.35. The van der Waals surface area contributed by atoms with Crippen molar-refractivity contribution < 1.29 is 19.8 Å². The molecule has 11 nitrogen and oxygen atoms in total. The Morgan fingerprint density at radius 2 is 2.00 bits per heavy atom. The second kappa shape index (κ2) is 8.80. The average molecular weight is 470 g/mol. The number of aliphatic hydroxyl groups excluding tert-OH is 1. The number of aromatic nitrogens is 5. The molecule has 0 spiro atoms. The molecule has 0 saturated carbocycles. The van der Waals surface area contributed by atoms with Crippen LogP contribution in [-0.2, 0) is 17.8 Å². The van der Waals surface area contributed by atoms with Crippen molar-refractivity contribution in [1.82, 2.24) is 29.3 Å². The number of fused-ring (bicyclic) bond motifs is 1. The molecule has 1 saturated heterocycles. The van der Waals surface area contributed by atoms with Crippen LogP contribution in [0.4, 0.5) is 5.82 Å². The van der Waals surface area contributed by atoms with Crippen LogP contribution in [0.5, 0.6) is 0 Å². The van der Waals surface area contributed by atoms with Crippen LogP contribution in [-0.4, -0.2) is 75.5 Å². The zero-order valence-corrected chi connectivity index (χ0v) is 19.9. The fourth-order valence-electron chi connectivity index (χ4n) is 4.75. The molecule has 0 bridgehead atoms. The summed E-state index contributed by atoms with van der Waals surface area (Å²) in [6.45, 7) is 6.62. The fourth-order valence-corrected chi connectivity index (χ4v) is 4.75. The number of carbonyl (C=O) groups excluding carboxylic acids is 2. The highest BCUT2D eigenvalue weighted by atomic mass is 16.3. The van der Waals surface area contributed by atoms with Crippen LogP contribution in [0.2, 0.25) is 0 Å². The topological polar surface area (TPSA) is 152 Å². The van der Waals surface area contributed by atoms with Crippen LogP contribution < -0.4 is 5.73 Å². The first kappa shape index (κ1) is 23.8. The number of anilines is 1. The molecule has 1 aliphatic heterocycles. The van der Waals surface area contributed by atoms with E-state index in [0.717, 1.165) is 12.0 Å². The van der Waals surface area contributed by atoms with Gasteiger partial charge in [-0.1, -0.05) is 0 Å². The maximum Gasteiger partial charge on any atom is 0.248 e. The van der Waals surface area contributed by atoms with E-state index in [4.69, 9.17) is 10.7 Å². The van der Waals surface area contributed by atoms with Crippen LogP contribution in [0.3, 0.4) is 0 Å². The number of aliphatic hydroxyl groups is 2. The first-order valence-corrected chi connectivity index (χ1v) is 11.3. The van der Waals surface area contributed by atoms with Crippen LogP contribution in [0.15, 0.2) is 18.6 Å². The second-order valence-electron chi connectivity index (χ2n) is 9.64. The van der Waals surface area contributed by atoms with Crippen molar-refractivity contribution in [2.75, 3.05) is 12.3 Å². The highest BCUT2D eigenvalue weighted by Gasteiger charge is 2.38. The fraction of sp³-hybridized carbons (Fsp3) is 0.522. The number of Topliss-reactive ketones (excluding diaryl/α,β-unsaturated/α-hetero) is 1. The van der Waals surface area contributed by atoms with Crippen molar-refractivity contribution in [2.24, 2.45) is 0 Å². The molecule has 0 aliphatic carbocycles. The van der Waals surface area contributed by atoms with Crippen LogP contribution in [0.25, 0.3) is 16.8 Å². The van der Waals surface area contributed by atoms with Gasteiger partial charge in [0.05, 0.1) is 35.8 Å². The molecule has 1 aliphatic rings. The molecular formula is C23H31N7O4. The standard InChI is InChI=1S/C23H31N7O4/c1-13-7-16(29(13)19(33)11-31)5-6-18-20(14(2)32)21(24)30-22(27-18)17(9-26-30)15-8-25-28(10-15)12-23(3,4)34/h8-10,13,16,31,34H,5-7,11-12,24H2,1-4H3/t13?,16-/m1/s1. The molecule has 1 unspecified atom stereocenters. The summed E-state index contributed by atoms with van der Waals surface area (Å²) in [6, 6.07) is 0.0671. The van der Waals surface area contributed by atoms with Crippen molar-refractivity contribution in [1.29, 1.82) is 0 Å². The van der Waals surface area contributed by atoms with E-state index in [9.17, 15) is 19.8 Å². The number of ketones is 1. The smallest absolute Gasteiger partial charge is 0.248 e. The zero-order chi connectivity index (χ0) is 24.8. The molecule has 4 N–H and O–H groups in total. The summed E-state index contributed by atoms with van der Waals surface area (Å²) in [4.78, 5) is 31.0. The van der Waals surface area contributed by atoms with Crippen molar-refractivity contribution in [3.05, 3.63) is 29.8 Å². The Balaban J connectivity index is 1.67. The predicted molar refractivity (Wildman–Crippen MR) is 125 cm³/mol. The van der Waals surface area contributed by atoms with Gasteiger partial charge in [-0.2, -0.15) is 14.7 Å². The number of aryl methyl sites for hydroxylation is 1. The maximum absolute atomic E-state index is 12.4. The first-order valence-electron chi connectivity index (χ1n) is 11.3. The highest BCUT2D eigenvalue weighted by Crippen LogP contribution is 2.31.